The van der Waals surface area contributed by atoms with Gasteiger partial charge in [0.1, 0.15) is 0 Å². The topological polar surface area (TPSA) is 66.6 Å². The monoisotopic (exact) mass is 472 g/mol. The molecule has 1 amide bonds. The summed E-state index contributed by atoms with van der Waals surface area (Å²) < 4.78 is 1.84. The maximum absolute atomic E-state index is 12.6. The highest BCUT2D eigenvalue weighted by Gasteiger charge is 2.25. The Hall–Kier alpha value is -3.26. The first kappa shape index (κ1) is 21.3. The Morgan fingerprint density at radius 2 is 1.74 bits per heavy atom. The minimum Gasteiger partial charge on any atom is -0.336 e. The number of aromatic nitrogens is 4. The van der Waals surface area contributed by atoms with Crippen molar-refractivity contribution in [2.24, 2.45) is 0 Å². The summed E-state index contributed by atoms with van der Waals surface area (Å²) in [5, 5.41) is 6.76. The molecule has 1 saturated carbocycles. The predicted octanol–water partition coefficient (Wildman–Crippen LogP) is 4.86. The summed E-state index contributed by atoms with van der Waals surface area (Å²) in [5.41, 5.74) is 3.56. The Balaban J connectivity index is 1.20. The second-order valence-electron chi connectivity index (χ2n) is 9.17. The minimum absolute atomic E-state index is 0.109. The highest BCUT2D eigenvalue weighted by atomic mass is 32.1. The molecule has 0 radical (unpaired) electrons. The zero-order chi connectivity index (χ0) is 22.9. The maximum atomic E-state index is 12.6. The molecule has 0 unspecified atom stereocenters. The van der Waals surface area contributed by atoms with Crippen LogP contribution in [-0.4, -0.2) is 56.6 Å². The fraction of sp³-hybridized carbons (Fsp3) is 0.385. The number of nitrogens with zero attached hydrogens (tertiary/aromatic N) is 6. The summed E-state index contributed by atoms with van der Waals surface area (Å²) in [5.74, 6) is 2.07. The maximum Gasteiger partial charge on any atom is 0.264 e. The van der Waals surface area contributed by atoms with Gasteiger partial charge in [0.2, 0.25) is 5.95 Å². The largest absolute Gasteiger partial charge is 0.336 e. The first-order valence-corrected chi connectivity index (χ1v) is 13.0. The molecule has 1 aromatic carbocycles. The van der Waals surface area contributed by atoms with Gasteiger partial charge in [-0.1, -0.05) is 49.6 Å². The number of piperazine rings is 1. The first-order chi connectivity index (χ1) is 16.8. The average Bonchev–Trinajstić information content (AvgIpc) is 3.59. The van der Waals surface area contributed by atoms with Gasteiger partial charge in [-0.2, -0.15) is 9.50 Å². The van der Waals surface area contributed by atoms with E-state index in [1.165, 1.54) is 49.0 Å². The van der Waals surface area contributed by atoms with Crippen molar-refractivity contribution >= 4 is 29.0 Å². The lowest BCUT2D eigenvalue weighted by atomic mass is 9.84. The lowest BCUT2D eigenvalue weighted by molar-refractivity contribution is 0.0751. The van der Waals surface area contributed by atoms with Gasteiger partial charge in [-0.15, -0.1) is 16.4 Å². The van der Waals surface area contributed by atoms with Gasteiger partial charge in [0.15, 0.2) is 0 Å². The van der Waals surface area contributed by atoms with E-state index in [-0.39, 0.29) is 5.91 Å². The molecule has 34 heavy (non-hydrogen) atoms. The first-order valence-electron chi connectivity index (χ1n) is 12.2. The van der Waals surface area contributed by atoms with Crippen LogP contribution in [0.5, 0.6) is 0 Å². The van der Waals surface area contributed by atoms with Crippen molar-refractivity contribution in [3.63, 3.8) is 0 Å². The summed E-state index contributed by atoms with van der Waals surface area (Å²) in [6.07, 6.45) is 8.47. The van der Waals surface area contributed by atoms with Crippen molar-refractivity contribution in [2.75, 3.05) is 31.1 Å². The van der Waals surface area contributed by atoms with E-state index in [1.54, 1.807) is 6.20 Å². The third kappa shape index (κ3) is 4.07. The van der Waals surface area contributed by atoms with E-state index in [4.69, 9.17) is 10.1 Å². The smallest absolute Gasteiger partial charge is 0.264 e. The van der Waals surface area contributed by atoms with Crippen LogP contribution in [0.2, 0.25) is 0 Å². The third-order valence-electron chi connectivity index (χ3n) is 7.09. The summed E-state index contributed by atoms with van der Waals surface area (Å²) in [4.78, 5) is 26.6. The molecule has 0 atom stereocenters. The number of benzene rings is 1. The van der Waals surface area contributed by atoms with Crippen molar-refractivity contribution < 1.29 is 4.79 Å². The number of hydrogen-bond donors (Lipinski definition) is 0. The quantitative estimate of drug-likeness (QED) is 0.424. The van der Waals surface area contributed by atoms with Crippen LogP contribution in [0.1, 0.15) is 53.3 Å². The number of carbonyl (C=O) groups is 1. The molecular weight excluding hydrogens is 444 g/mol. The number of hydrogen-bond acceptors (Lipinski definition) is 6. The van der Waals surface area contributed by atoms with Gasteiger partial charge in [-0.25, -0.2) is 4.98 Å². The number of rotatable bonds is 4. The molecule has 1 aliphatic heterocycles. The van der Waals surface area contributed by atoms with Crippen molar-refractivity contribution in [3.05, 3.63) is 64.5 Å². The normalized spacial score (nSPS) is 17.4. The third-order valence-corrected chi connectivity index (χ3v) is 7.95. The van der Waals surface area contributed by atoms with E-state index < -0.39 is 0 Å². The minimum atomic E-state index is 0.109. The van der Waals surface area contributed by atoms with Crippen LogP contribution in [0, 0.1) is 0 Å². The van der Waals surface area contributed by atoms with Crippen LogP contribution in [-0.2, 0) is 0 Å². The standard InChI is InChI=1S/C26H28N6OS/c33-24(23-7-4-18-34-23)30-14-16-31(17-15-30)26-28-25-27-13-12-22(32(25)29-26)21-10-8-20(9-11-21)19-5-2-1-3-6-19/h4,7-13,18-19H,1-3,5-6,14-17H2. The van der Waals surface area contributed by atoms with E-state index in [9.17, 15) is 4.79 Å². The number of fused-ring (bicyclic) bond motifs is 1. The molecule has 4 aromatic rings. The van der Waals surface area contributed by atoms with Crippen LogP contribution in [0.4, 0.5) is 5.95 Å². The van der Waals surface area contributed by atoms with Gasteiger partial charge in [0.25, 0.3) is 11.7 Å². The fourth-order valence-electron chi connectivity index (χ4n) is 5.16. The Kier molecular flexibility index (Phi) is 5.74. The number of carbonyl (C=O) groups excluding carboxylic acids is 1. The summed E-state index contributed by atoms with van der Waals surface area (Å²) in [6.45, 7) is 2.74. The highest BCUT2D eigenvalue weighted by molar-refractivity contribution is 7.12. The Bertz CT molecular complexity index is 1270. The molecule has 0 spiro atoms. The highest BCUT2D eigenvalue weighted by Crippen LogP contribution is 2.33. The van der Waals surface area contributed by atoms with Crippen LogP contribution in [0.15, 0.2) is 54.0 Å². The molecule has 7 nitrogen and oxygen atoms in total. The number of thiophene rings is 1. The molecule has 174 valence electrons. The van der Waals surface area contributed by atoms with Crippen LogP contribution in [0.3, 0.4) is 0 Å². The van der Waals surface area contributed by atoms with Crippen molar-refractivity contribution in [1.29, 1.82) is 0 Å². The molecule has 2 aliphatic rings. The van der Waals surface area contributed by atoms with Crippen LogP contribution >= 0.6 is 11.3 Å². The molecule has 1 aliphatic carbocycles. The van der Waals surface area contributed by atoms with E-state index >= 15 is 0 Å². The number of anilines is 1. The van der Waals surface area contributed by atoms with E-state index in [2.05, 4.69) is 34.1 Å². The average molecular weight is 473 g/mol. The summed E-state index contributed by atoms with van der Waals surface area (Å²) in [7, 11) is 0. The van der Waals surface area contributed by atoms with Crippen LogP contribution < -0.4 is 4.90 Å². The SMILES string of the molecule is O=C(c1cccs1)N1CCN(c2nc3nccc(-c4ccc(C5CCCCC5)cc4)n3n2)CC1. The number of amides is 1. The molecule has 4 heterocycles. The lowest BCUT2D eigenvalue weighted by Gasteiger charge is -2.33. The molecule has 2 fully saturated rings. The van der Waals surface area contributed by atoms with E-state index in [1.807, 2.05) is 33.0 Å². The van der Waals surface area contributed by atoms with Crippen molar-refractivity contribution in [2.45, 2.75) is 38.0 Å². The Labute approximate surface area is 203 Å². The molecule has 1 saturated heterocycles. The van der Waals surface area contributed by atoms with Gasteiger partial charge < -0.3 is 9.80 Å². The van der Waals surface area contributed by atoms with Gasteiger partial charge >= 0.3 is 0 Å². The zero-order valence-electron chi connectivity index (χ0n) is 19.1. The lowest BCUT2D eigenvalue weighted by Crippen LogP contribution is -2.49. The fourth-order valence-corrected chi connectivity index (χ4v) is 5.85. The van der Waals surface area contributed by atoms with E-state index in [0.29, 0.717) is 43.8 Å². The van der Waals surface area contributed by atoms with Gasteiger partial charge in [0, 0.05) is 37.9 Å². The Morgan fingerprint density at radius 3 is 2.47 bits per heavy atom. The van der Waals surface area contributed by atoms with E-state index in [0.717, 1.165) is 16.1 Å². The van der Waals surface area contributed by atoms with Crippen molar-refractivity contribution in [3.8, 4) is 11.3 Å². The van der Waals surface area contributed by atoms with Crippen molar-refractivity contribution in [1.82, 2.24) is 24.5 Å². The Morgan fingerprint density at radius 1 is 0.941 bits per heavy atom. The zero-order valence-corrected chi connectivity index (χ0v) is 20.0. The molecule has 8 heteroatoms. The second-order valence-corrected chi connectivity index (χ2v) is 10.1. The van der Waals surface area contributed by atoms with Gasteiger partial charge in [0.05, 0.1) is 10.6 Å². The van der Waals surface area contributed by atoms with Gasteiger partial charge in [-0.3, -0.25) is 4.79 Å². The molecular formula is C26H28N6OS. The molecule has 0 N–H and O–H groups in total. The second kappa shape index (κ2) is 9.18. The summed E-state index contributed by atoms with van der Waals surface area (Å²) in [6, 6.07) is 14.8. The predicted molar refractivity (Wildman–Crippen MR) is 134 cm³/mol. The molecule has 3 aromatic heterocycles. The van der Waals surface area contributed by atoms with Crippen LogP contribution in [0.25, 0.3) is 17.0 Å². The molecule has 6 rings (SSSR count). The van der Waals surface area contributed by atoms with Gasteiger partial charge in [-0.05, 0) is 41.8 Å². The molecule has 0 bridgehead atoms. The summed E-state index contributed by atoms with van der Waals surface area (Å²) >= 11 is 1.49.